The Kier molecular flexibility index (Phi) is 6.18. The first-order valence-electron chi connectivity index (χ1n) is 9.68. The fourth-order valence-corrected chi connectivity index (χ4v) is 3.37. The Morgan fingerprint density at radius 1 is 1.12 bits per heavy atom. The van der Waals surface area contributed by atoms with Gasteiger partial charge in [0.2, 0.25) is 11.7 Å². The predicted octanol–water partition coefficient (Wildman–Crippen LogP) is 4.28. The molecule has 2 aromatic carbocycles. The van der Waals surface area contributed by atoms with Crippen molar-refractivity contribution in [2.45, 2.75) is 13.5 Å². The van der Waals surface area contributed by atoms with Gasteiger partial charge in [-0.05, 0) is 55.0 Å². The highest BCUT2D eigenvalue weighted by molar-refractivity contribution is 9.10. The molecule has 1 N–H and O–H groups in total. The molecule has 4 rings (SSSR count). The zero-order valence-electron chi connectivity index (χ0n) is 17.3. The number of ether oxygens (including phenoxy) is 1. The topological polar surface area (TPSA) is 99.2 Å². The number of anilines is 1. The van der Waals surface area contributed by atoms with Gasteiger partial charge < -0.3 is 19.1 Å². The van der Waals surface area contributed by atoms with Crippen molar-refractivity contribution in [2.24, 2.45) is 0 Å². The van der Waals surface area contributed by atoms with Crippen LogP contribution in [0.4, 0.5) is 5.69 Å². The summed E-state index contributed by atoms with van der Waals surface area (Å²) in [6.45, 7) is 1.73. The van der Waals surface area contributed by atoms with Gasteiger partial charge in [0.15, 0.2) is 0 Å². The van der Waals surface area contributed by atoms with Gasteiger partial charge in [-0.3, -0.25) is 9.59 Å². The quantitative estimate of drug-likeness (QED) is 0.429. The minimum absolute atomic E-state index is 0.183. The van der Waals surface area contributed by atoms with E-state index in [2.05, 4.69) is 31.4 Å². The third-order valence-electron chi connectivity index (χ3n) is 4.70. The Hall–Kier alpha value is -3.72. The van der Waals surface area contributed by atoms with Gasteiger partial charge in [0.05, 0.1) is 18.4 Å². The number of hydrogen-bond donors (Lipinski definition) is 1. The SMILES string of the molecule is COc1ccc(C)cc1NC(=O)Cn1cc(-c2nc(-c3ccc(Br)cc3)no2)ccc1=O. The van der Waals surface area contributed by atoms with E-state index in [9.17, 15) is 9.59 Å². The molecule has 162 valence electrons. The zero-order chi connectivity index (χ0) is 22.7. The fourth-order valence-electron chi connectivity index (χ4n) is 3.10. The lowest BCUT2D eigenvalue weighted by Gasteiger charge is -2.12. The number of carbonyl (C=O) groups excluding carboxylic acids is 1. The summed E-state index contributed by atoms with van der Waals surface area (Å²) in [6.07, 6.45) is 1.52. The van der Waals surface area contributed by atoms with Crippen molar-refractivity contribution in [3.05, 3.63) is 81.2 Å². The van der Waals surface area contributed by atoms with Gasteiger partial charge in [-0.2, -0.15) is 4.98 Å². The lowest BCUT2D eigenvalue weighted by Crippen LogP contribution is -2.27. The van der Waals surface area contributed by atoms with Gasteiger partial charge >= 0.3 is 0 Å². The normalized spacial score (nSPS) is 10.7. The molecule has 4 aromatic rings. The van der Waals surface area contributed by atoms with Gasteiger partial charge in [0.25, 0.3) is 11.4 Å². The van der Waals surface area contributed by atoms with E-state index < -0.39 is 0 Å². The van der Waals surface area contributed by atoms with E-state index in [1.807, 2.05) is 37.3 Å². The molecule has 0 atom stereocenters. The van der Waals surface area contributed by atoms with Gasteiger partial charge in [-0.15, -0.1) is 0 Å². The summed E-state index contributed by atoms with van der Waals surface area (Å²) in [6, 6.07) is 15.9. The monoisotopic (exact) mass is 494 g/mol. The third-order valence-corrected chi connectivity index (χ3v) is 5.23. The second kappa shape index (κ2) is 9.19. The smallest absolute Gasteiger partial charge is 0.259 e. The minimum atomic E-state index is -0.366. The van der Waals surface area contributed by atoms with E-state index in [4.69, 9.17) is 9.26 Å². The molecule has 0 bridgehead atoms. The Morgan fingerprint density at radius 2 is 1.88 bits per heavy atom. The summed E-state index contributed by atoms with van der Waals surface area (Å²) in [5, 5.41) is 6.80. The molecule has 0 fully saturated rings. The highest BCUT2D eigenvalue weighted by atomic mass is 79.9. The molecule has 0 aliphatic carbocycles. The van der Waals surface area contributed by atoms with E-state index in [1.165, 1.54) is 23.9 Å². The molecule has 0 aliphatic heterocycles. The number of carbonyl (C=O) groups is 1. The Morgan fingerprint density at radius 3 is 2.62 bits per heavy atom. The second-order valence-corrected chi connectivity index (χ2v) is 7.98. The minimum Gasteiger partial charge on any atom is -0.495 e. The number of halogens is 1. The van der Waals surface area contributed by atoms with Gasteiger partial charge in [-0.1, -0.05) is 27.2 Å². The Balaban J connectivity index is 1.55. The van der Waals surface area contributed by atoms with Crippen molar-refractivity contribution in [3.63, 3.8) is 0 Å². The summed E-state index contributed by atoms with van der Waals surface area (Å²) in [7, 11) is 1.53. The van der Waals surface area contributed by atoms with Crippen molar-refractivity contribution < 1.29 is 14.1 Å². The van der Waals surface area contributed by atoms with Crippen LogP contribution in [0.1, 0.15) is 5.56 Å². The Labute approximate surface area is 192 Å². The summed E-state index contributed by atoms with van der Waals surface area (Å²) in [5.74, 6) is 0.845. The number of aryl methyl sites for hydroxylation is 1. The first-order valence-corrected chi connectivity index (χ1v) is 10.5. The first kappa shape index (κ1) is 21.5. The highest BCUT2D eigenvalue weighted by Gasteiger charge is 2.14. The van der Waals surface area contributed by atoms with Crippen LogP contribution in [0.5, 0.6) is 5.75 Å². The van der Waals surface area contributed by atoms with Gasteiger partial charge in [0, 0.05) is 22.3 Å². The van der Waals surface area contributed by atoms with Crippen molar-refractivity contribution in [1.82, 2.24) is 14.7 Å². The van der Waals surface area contributed by atoms with Gasteiger partial charge in [-0.25, -0.2) is 0 Å². The van der Waals surface area contributed by atoms with Crippen molar-refractivity contribution in [1.29, 1.82) is 0 Å². The van der Waals surface area contributed by atoms with Crippen molar-refractivity contribution in [2.75, 3.05) is 12.4 Å². The second-order valence-electron chi connectivity index (χ2n) is 7.07. The van der Waals surface area contributed by atoms with E-state index >= 15 is 0 Å². The fraction of sp³-hybridized carbons (Fsp3) is 0.130. The largest absolute Gasteiger partial charge is 0.495 e. The predicted molar refractivity (Wildman–Crippen MR) is 123 cm³/mol. The van der Waals surface area contributed by atoms with Crippen LogP contribution in [0.25, 0.3) is 22.8 Å². The molecule has 0 saturated heterocycles. The van der Waals surface area contributed by atoms with Crippen LogP contribution < -0.4 is 15.6 Å². The van der Waals surface area contributed by atoms with Crippen LogP contribution in [0.3, 0.4) is 0 Å². The molecule has 1 amide bonds. The molecule has 2 aromatic heterocycles. The molecule has 0 unspecified atom stereocenters. The summed E-state index contributed by atoms with van der Waals surface area (Å²) >= 11 is 3.39. The zero-order valence-corrected chi connectivity index (χ0v) is 18.9. The van der Waals surface area contributed by atoms with Crippen LogP contribution in [0.2, 0.25) is 0 Å². The van der Waals surface area contributed by atoms with Crippen LogP contribution >= 0.6 is 15.9 Å². The molecule has 0 spiro atoms. The molecule has 0 saturated carbocycles. The summed E-state index contributed by atoms with van der Waals surface area (Å²) in [5.41, 5.74) is 2.51. The number of hydrogen-bond acceptors (Lipinski definition) is 6. The molecule has 8 nitrogen and oxygen atoms in total. The summed E-state index contributed by atoms with van der Waals surface area (Å²) < 4.78 is 12.9. The van der Waals surface area contributed by atoms with Crippen molar-refractivity contribution in [3.8, 4) is 28.6 Å². The molecule has 0 aliphatic rings. The number of nitrogens with one attached hydrogen (secondary N) is 1. The lowest BCUT2D eigenvalue weighted by atomic mass is 10.2. The first-order chi connectivity index (χ1) is 15.4. The van der Waals surface area contributed by atoms with E-state index in [0.29, 0.717) is 22.8 Å². The standard InChI is InChI=1S/C23H19BrN4O4/c1-14-3-9-19(31-2)18(11-14)25-20(29)13-28-12-16(6-10-21(28)30)23-26-22(27-32-23)15-4-7-17(24)8-5-15/h3-12H,13H2,1-2H3,(H,25,29). The molecular formula is C23H19BrN4O4. The van der Waals surface area contributed by atoms with Crippen LogP contribution in [0.15, 0.2) is 74.6 Å². The molecular weight excluding hydrogens is 476 g/mol. The number of rotatable bonds is 6. The number of aromatic nitrogens is 3. The van der Waals surface area contributed by atoms with E-state index in [-0.39, 0.29) is 23.9 Å². The maximum absolute atomic E-state index is 12.6. The number of amides is 1. The van der Waals surface area contributed by atoms with Crippen LogP contribution in [0, 0.1) is 6.92 Å². The molecule has 32 heavy (non-hydrogen) atoms. The molecule has 2 heterocycles. The third kappa shape index (κ3) is 4.78. The van der Waals surface area contributed by atoms with Crippen LogP contribution in [-0.2, 0) is 11.3 Å². The van der Waals surface area contributed by atoms with Crippen molar-refractivity contribution >= 4 is 27.5 Å². The van der Waals surface area contributed by atoms with E-state index in [0.717, 1.165) is 15.6 Å². The lowest BCUT2D eigenvalue weighted by molar-refractivity contribution is -0.116. The average molecular weight is 495 g/mol. The number of methoxy groups -OCH3 is 1. The summed E-state index contributed by atoms with van der Waals surface area (Å²) in [4.78, 5) is 29.3. The van der Waals surface area contributed by atoms with E-state index in [1.54, 1.807) is 18.2 Å². The van der Waals surface area contributed by atoms with Gasteiger partial charge in [0.1, 0.15) is 12.3 Å². The average Bonchev–Trinajstić information content (AvgIpc) is 3.26. The molecule has 9 heteroatoms. The molecule has 0 radical (unpaired) electrons. The number of pyridine rings is 1. The highest BCUT2D eigenvalue weighted by Crippen LogP contribution is 2.25. The number of nitrogens with zero attached hydrogens (tertiary/aromatic N) is 3. The van der Waals surface area contributed by atoms with Crippen LogP contribution in [-0.4, -0.2) is 27.7 Å². The Bertz CT molecular complexity index is 1330. The maximum Gasteiger partial charge on any atom is 0.259 e. The maximum atomic E-state index is 12.6. The number of benzene rings is 2.